The summed E-state index contributed by atoms with van der Waals surface area (Å²) in [7, 11) is 0. The van der Waals surface area contributed by atoms with Gasteiger partial charge in [-0.3, -0.25) is 4.79 Å². The van der Waals surface area contributed by atoms with Crippen molar-refractivity contribution in [2.45, 2.75) is 39.7 Å². The molecule has 18 heavy (non-hydrogen) atoms. The third-order valence-electron chi connectivity index (χ3n) is 2.53. The number of benzene rings is 1. The molecule has 1 aromatic rings. The van der Waals surface area contributed by atoms with E-state index in [1.165, 1.54) is 5.56 Å². The molecule has 1 N–H and O–H groups in total. The number of nitriles is 1. The molecule has 1 atom stereocenters. The molecule has 1 rings (SSSR count). The van der Waals surface area contributed by atoms with E-state index in [-0.39, 0.29) is 11.4 Å². The quantitative estimate of drug-likeness (QED) is 0.888. The molecule has 0 saturated heterocycles. The van der Waals surface area contributed by atoms with Crippen LogP contribution >= 0.6 is 0 Å². The Morgan fingerprint density at radius 1 is 1.33 bits per heavy atom. The minimum atomic E-state index is -0.632. The highest BCUT2D eigenvalue weighted by Gasteiger charge is 2.22. The van der Waals surface area contributed by atoms with E-state index in [4.69, 9.17) is 5.26 Å². The molecule has 1 aromatic carbocycles. The standard InChI is InChI=1S/C15H20N2O/c1-11-5-7-12(8-6-11)9-13(10-16)14(18)17-15(2,3)4/h5-8,13H,9H2,1-4H3,(H,17,18). The monoisotopic (exact) mass is 244 g/mol. The number of aryl methyl sites for hydroxylation is 1. The Hall–Kier alpha value is -1.82. The van der Waals surface area contributed by atoms with Crippen LogP contribution in [0, 0.1) is 24.2 Å². The van der Waals surface area contributed by atoms with Crippen LogP contribution in [-0.4, -0.2) is 11.4 Å². The van der Waals surface area contributed by atoms with Crippen LogP contribution in [0.4, 0.5) is 0 Å². The van der Waals surface area contributed by atoms with Crippen LogP contribution in [-0.2, 0) is 11.2 Å². The minimum Gasteiger partial charge on any atom is -0.350 e. The van der Waals surface area contributed by atoms with Gasteiger partial charge in [0.15, 0.2) is 0 Å². The van der Waals surface area contributed by atoms with E-state index in [2.05, 4.69) is 11.4 Å². The largest absolute Gasteiger partial charge is 0.350 e. The molecule has 1 unspecified atom stereocenters. The highest BCUT2D eigenvalue weighted by Crippen LogP contribution is 2.11. The van der Waals surface area contributed by atoms with Gasteiger partial charge >= 0.3 is 0 Å². The van der Waals surface area contributed by atoms with Gasteiger partial charge in [0.05, 0.1) is 6.07 Å². The van der Waals surface area contributed by atoms with Crippen molar-refractivity contribution in [2.24, 2.45) is 5.92 Å². The van der Waals surface area contributed by atoms with Gasteiger partial charge in [0, 0.05) is 5.54 Å². The Morgan fingerprint density at radius 3 is 2.33 bits per heavy atom. The summed E-state index contributed by atoms with van der Waals surface area (Å²) in [6.07, 6.45) is 0.457. The average molecular weight is 244 g/mol. The SMILES string of the molecule is Cc1ccc(CC(C#N)C(=O)NC(C)(C)C)cc1. The van der Waals surface area contributed by atoms with Crippen molar-refractivity contribution in [1.29, 1.82) is 5.26 Å². The van der Waals surface area contributed by atoms with Crippen LogP contribution in [0.5, 0.6) is 0 Å². The van der Waals surface area contributed by atoms with Crippen molar-refractivity contribution in [2.75, 3.05) is 0 Å². The Labute approximate surface area is 109 Å². The van der Waals surface area contributed by atoms with Crippen LogP contribution < -0.4 is 5.32 Å². The molecule has 0 heterocycles. The van der Waals surface area contributed by atoms with Crippen LogP contribution in [0.25, 0.3) is 0 Å². The lowest BCUT2D eigenvalue weighted by Gasteiger charge is -2.22. The first-order valence-corrected chi connectivity index (χ1v) is 6.09. The van der Waals surface area contributed by atoms with Gasteiger partial charge in [0.2, 0.25) is 5.91 Å². The van der Waals surface area contributed by atoms with E-state index in [0.717, 1.165) is 5.56 Å². The van der Waals surface area contributed by atoms with Crippen molar-refractivity contribution in [1.82, 2.24) is 5.32 Å². The fourth-order valence-electron chi connectivity index (χ4n) is 1.61. The van der Waals surface area contributed by atoms with Crippen molar-refractivity contribution in [3.05, 3.63) is 35.4 Å². The second-order valence-corrected chi connectivity index (χ2v) is 5.61. The molecule has 0 aromatic heterocycles. The summed E-state index contributed by atoms with van der Waals surface area (Å²) in [6.45, 7) is 7.74. The van der Waals surface area contributed by atoms with E-state index in [9.17, 15) is 4.79 Å². The maximum Gasteiger partial charge on any atom is 0.238 e. The zero-order chi connectivity index (χ0) is 13.8. The Kier molecular flexibility index (Phi) is 4.49. The molecule has 0 aliphatic carbocycles. The number of carbonyl (C=O) groups excluding carboxylic acids is 1. The number of hydrogen-bond acceptors (Lipinski definition) is 2. The highest BCUT2D eigenvalue weighted by molar-refractivity contribution is 5.82. The molecule has 0 radical (unpaired) electrons. The maximum atomic E-state index is 11.9. The fourth-order valence-corrected chi connectivity index (χ4v) is 1.61. The number of nitrogens with one attached hydrogen (secondary N) is 1. The summed E-state index contributed by atoms with van der Waals surface area (Å²) in [4.78, 5) is 11.9. The first-order valence-electron chi connectivity index (χ1n) is 6.09. The smallest absolute Gasteiger partial charge is 0.238 e. The van der Waals surface area contributed by atoms with E-state index in [1.807, 2.05) is 52.0 Å². The summed E-state index contributed by atoms with van der Waals surface area (Å²) >= 11 is 0. The Balaban J connectivity index is 2.71. The molecule has 1 amide bonds. The molecule has 0 fully saturated rings. The summed E-state index contributed by atoms with van der Waals surface area (Å²) in [5, 5.41) is 11.9. The Morgan fingerprint density at radius 2 is 1.89 bits per heavy atom. The summed E-state index contributed by atoms with van der Waals surface area (Å²) in [5.41, 5.74) is 1.88. The predicted octanol–water partition coefficient (Wildman–Crippen LogP) is 2.59. The zero-order valence-corrected chi connectivity index (χ0v) is 11.4. The first-order chi connectivity index (χ1) is 8.31. The third kappa shape index (κ3) is 4.58. The number of amides is 1. The van der Waals surface area contributed by atoms with Crippen LogP contribution in [0.2, 0.25) is 0 Å². The van der Waals surface area contributed by atoms with E-state index in [0.29, 0.717) is 6.42 Å². The van der Waals surface area contributed by atoms with E-state index < -0.39 is 5.92 Å². The molecule has 0 aliphatic rings. The van der Waals surface area contributed by atoms with Crippen molar-refractivity contribution >= 4 is 5.91 Å². The normalized spacial score (nSPS) is 12.6. The summed E-state index contributed by atoms with van der Waals surface area (Å²) in [5.74, 6) is -0.836. The van der Waals surface area contributed by atoms with Gasteiger partial charge in [-0.15, -0.1) is 0 Å². The number of hydrogen-bond donors (Lipinski definition) is 1. The fraction of sp³-hybridized carbons (Fsp3) is 0.467. The molecule has 96 valence electrons. The number of carbonyl (C=O) groups is 1. The van der Waals surface area contributed by atoms with Gasteiger partial charge in [-0.1, -0.05) is 29.8 Å². The van der Waals surface area contributed by atoms with Gasteiger partial charge in [0.25, 0.3) is 0 Å². The second-order valence-electron chi connectivity index (χ2n) is 5.61. The van der Waals surface area contributed by atoms with Gasteiger partial charge in [0.1, 0.15) is 5.92 Å². The van der Waals surface area contributed by atoms with Crippen LogP contribution in [0.3, 0.4) is 0 Å². The molecular formula is C15H20N2O. The van der Waals surface area contributed by atoms with Gasteiger partial charge in [-0.05, 0) is 39.7 Å². The van der Waals surface area contributed by atoms with Gasteiger partial charge in [-0.25, -0.2) is 0 Å². The highest BCUT2D eigenvalue weighted by atomic mass is 16.2. The topological polar surface area (TPSA) is 52.9 Å². The summed E-state index contributed by atoms with van der Waals surface area (Å²) < 4.78 is 0. The van der Waals surface area contributed by atoms with Crippen molar-refractivity contribution < 1.29 is 4.79 Å². The first kappa shape index (κ1) is 14.2. The zero-order valence-electron chi connectivity index (χ0n) is 11.4. The lowest BCUT2D eigenvalue weighted by Crippen LogP contribution is -2.44. The van der Waals surface area contributed by atoms with Gasteiger partial charge in [-0.2, -0.15) is 5.26 Å². The number of nitrogens with zero attached hydrogens (tertiary/aromatic N) is 1. The molecule has 0 aliphatic heterocycles. The second kappa shape index (κ2) is 5.68. The number of rotatable bonds is 3. The van der Waals surface area contributed by atoms with Crippen LogP contribution in [0.15, 0.2) is 24.3 Å². The Bertz CT molecular complexity index is 449. The van der Waals surface area contributed by atoms with Crippen molar-refractivity contribution in [3.8, 4) is 6.07 Å². The predicted molar refractivity (Wildman–Crippen MR) is 71.9 cm³/mol. The molecule has 0 bridgehead atoms. The lowest BCUT2D eigenvalue weighted by atomic mass is 9.97. The lowest BCUT2D eigenvalue weighted by molar-refractivity contribution is -0.124. The molecule has 3 heteroatoms. The molecular weight excluding hydrogens is 224 g/mol. The molecule has 0 saturated carbocycles. The van der Waals surface area contributed by atoms with E-state index >= 15 is 0 Å². The van der Waals surface area contributed by atoms with Crippen LogP contribution in [0.1, 0.15) is 31.9 Å². The van der Waals surface area contributed by atoms with Gasteiger partial charge < -0.3 is 5.32 Å². The van der Waals surface area contributed by atoms with Crippen molar-refractivity contribution in [3.63, 3.8) is 0 Å². The maximum absolute atomic E-state index is 11.9. The molecule has 0 spiro atoms. The molecule has 3 nitrogen and oxygen atoms in total. The minimum absolute atomic E-state index is 0.203. The average Bonchev–Trinajstić information content (AvgIpc) is 2.25. The summed E-state index contributed by atoms with van der Waals surface area (Å²) in [6, 6.07) is 9.98. The van der Waals surface area contributed by atoms with E-state index in [1.54, 1.807) is 0 Å². The third-order valence-corrected chi connectivity index (χ3v) is 2.53.